The molecule has 5 rings (SSSR count). The largest absolute Gasteiger partial charge is 0.493 e. The molecule has 1 aliphatic carbocycles. The molecule has 0 unspecified atom stereocenters. The first kappa shape index (κ1) is 22.6. The van der Waals surface area contributed by atoms with E-state index in [1.54, 1.807) is 29.3 Å². The van der Waals surface area contributed by atoms with Gasteiger partial charge in [0.15, 0.2) is 11.6 Å². The minimum Gasteiger partial charge on any atom is -0.493 e. The fourth-order valence-corrected chi connectivity index (χ4v) is 4.90. The van der Waals surface area contributed by atoms with Crippen molar-refractivity contribution >= 4 is 28.9 Å². The number of rotatable bonds is 5. The Kier molecular flexibility index (Phi) is 5.69. The zero-order chi connectivity index (χ0) is 23.9. The molecule has 8 nitrogen and oxygen atoms in total. The molecule has 3 fully saturated rings. The molecule has 4 heterocycles. The number of nitrogens with zero attached hydrogens (tertiary/aromatic N) is 4. The molecule has 10 heteroatoms. The van der Waals surface area contributed by atoms with Gasteiger partial charge in [-0.3, -0.25) is 4.79 Å². The van der Waals surface area contributed by atoms with Crippen molar-refractivity contribution in [3.8, 4) is 5.75 Å². The molecule has 1 spiro atoms. The molecular formula is C24H30F2N6O2. The molecule has 0 bridgehead atoms. The Morgan fingerprint density at radius 3 is 2.38 bits per heavy atom. The van der Waals surface area contributed by atoms with Crippen molar-refractivity contribution in [3.63, 3.8) is 0 Å². The van der Waals surface area contributed by atoms with E-state index in [2.05, 4.69) is 20.2 Å². The number of ether oxygens (including phenoxy) is 1. The third-order valence-electron chi connectivity index (χ3n) is 7.36. The highest BCUT2D eigenvalue weighted by Crippen LogP contribution is 2.54. The number of hydrogen-bond donors (Lipinski definition) is 2. The molecule has 3 N–H and O–H groups in total. The molecule has 182 valence electrons. The number of alkyl halides is 2. The average Bonchev–Trinajstić information content (AvgIpc) is 3.59. The Bertz CT molecular complexity index is 1070. The van der Waals surface area contributed by atoms with E-state index in [4.69, 9.17) is 10.5 Å². The van der Waals surface area contributed by atoms with Gasteiger partial charge in [0.25, 0.3) is 11.8 Å². The number of amides is 1. The van der Waals surface area contributed by atoms with Crippen molar-refractivity contribution in [2.75, 3.05) is 54.1 Å². The monoisotopic (exact) mass is 472 g/mol. The van der Waals surface area contributed by atoms with Gasteiger partial charge < -0.3 is 25.6 Å². The van der Waals surface area contributed by atoms with Gasteiger partial charge in [-0.15, -0.1) is 0 Å². The topological polar surface area (TPSA) is 96.6 Å². The summed E-state index contributed by atoms with van der Waals surface area (Å²) >= 11 is 0. The fraction of sp³-hybridized carbons (Fsp3) is 0.542. The standard InChI is InChI=1S/C24H30F2N6O2/c1-34-19-3-2-16(29-21(19)32-12-8-24(25,26)9-13-32)22(33)30-17-15-28-20(27)14-18(17)31-10-6-23(4-5-23)7-11-31/h2-3,14-15H,4-13H2,1H3,(H2,27,28)(H,30,33). The molecule has 34 heavy (non-hydrogen) atoms. The molecule has 0 aromatic carbocycles. The number of anilines is 4. The number of nitrogen functional groups attached to an aromatic ring is 1. The first-order chi connectivity index (χ1) is 16.3. The van der Waals surface area contributed by atoms with Crippen LogP contribution in [0.3, 0.4) is 0 Å². The van der Waals surface area contributed by atoms with Crippen molar-refractivity contribution in [3.05, 3.63) is 30.1 Å². The summed E-state index contributed by atoms with van der Waals surface area (Å²) in [5, 5.41) is 2.93. The highest BCUT2D eigenvalue weighted by Gasteiger charge is 2.44. The first-order valence-electron chi connectivity index (χ1n) is 11.8. The molecule has 0 atom stereocenters. The van der Waals surface area contributed by atoms with E-state index in [0.717, 1.165) is 31.6 Å². The van der Waals surface area contributed by atoms with Crippen LogP contribution in [0.4, 0.5) is 31.8 Å². The van der Waals surface area contributed by atoms with Crippen molar-refractivity contribution in [1.82, 2.24) is 9.97 Å². The van der Waals surface area contributed by atoms with Crippen molar-refractivity contribution in [2.24, 2.45) is 5.41 Å². The van der Waals surface area contributed by atoms with Crippen molar-refractivity contribution in [1.29, 1.82) is 0 Å². The molecule has 2 aromatic rings. The number of nitrogens with one attached hydrogen (secondary N) is 1. The van der Waals surface area contributed by atoms with Crippen LogP contribution in [-0.4, -0.2) is 55.1 Å². The SMILES string of the molecule is COc1ccc(C(=O)Nc2cnc(N)cc2N2CCC3(CC2)CC3)nc1N1CCC(F)(F)CC1. The molecule has 2 aromatic heterocycles. The second-order valence-electron chi connectivity index (χ2n) is 9.63. The number of nitrogens with two attached hydrogens (primary N) is 1. The molecule has 2 aliphatic heterocycles. The number of halogens is 2. The van der Waals surface area contributed by atoms with Crippen LogP contribution in [0.25, 0.3) is 0 Å². The van der Waals surface area contributed by atoms with Crippen LogP contribution < -0.4 is 25.6 Å². The summed E-state index contributed by atoms with van der Waals surface area (Å²) < 4.78 is 32.6. The van der Waals surface area contributed by atoms with Gasteiger partial charge in [0.05, 0.1) is 24.7 Å². The Balaban J connectivity index is 1.35. The lowest BCUT2D eigenvalue weighted by Crippen LogP contribution is -2.40. The van der Waals surface area contributed by atoms with Crippen LogP contribution in [-0.2, 0) is 0 Å². The number of aromatic nitrogens is 2. The van der Waals surface area contributed by atoms with Crippen LogP contribution in [0.2, 0.25) is 0 Å². The van der Waals surface area contributed by atoms with Crippen LogP contribution in [0.5, 0.6) is 5.75 Å². The van der Waals surface area contributed by atoms with Gasteiger partial charge in [-0.1, -0.05) is 0 Å². The fourth-order valence-electron chi connectivity index (χ4n) is 4.90. The minimum atomic E-state index is -2.68. The van der Waals surface area contributed by atoms with E-state index in [0.29, 0.717) is 28.5 Å². The number of piperidine rings is 2. The molecular weight excluding hydrogens is 442 g/mol. The third kappa shape index (κ3) is 4.58. The zero-order valence-corrected chi connectivity index (χ0v) is 19.3. The number of carbonyl (C=O) groups excluding carboxylic acids is 1. The Morgan fingerprint density at radius 1 is 1.06 bits per heavy atom. The van der Waals surface area contributed by atoms with Gasteiger partial charge in [0.1, 0.15) is 11.5 Å². The van der Waals surface area contributed by atoms with E-state index < -0.39 is 11.8 Å². The summed E-state index contributed by atoms with van der Waals surface area (Å²) in [6.07, 6.45) is 5.95. The maximum atomic E-state index is 13.6. The van der Waals surface area contributed by atoms with Crippen LogP contribution >= 0.6 is 0 Å². The van der Waals surface area contributed by atoms with Gasteiger partial charge >= 0.3 is 0 Å². The normalized spacial score (nSPS) is 20.8. The highest BCUT2D eigenvalue weighted by atomic mass is 19.3. The quantitative estimate of drug-likeness (QED) is 0.681. The predicted molar refractivity (Wildman–Crippen MR) is 127 cm³/mol. The van der Waals surface area contributed by atoms with Gasteiger partial charge in [-0.25, -0.2) is 18.7 Å². The van der Waals surface area contributed by atoms with Gasteiger partial charge in [0, 0.05) is 45.1 Å². The summed E-state index contributed by atoms with van der Waals surface area (Å²) in [7, 11) is 1.50. The molecule has 3 aliphatic rings. The summed E-state index contributed by atoms with van der Waals surface area (Å²) in [6, 6.07) is 5.01. The van der Waals surface area contributed by atoms with Crippen LogP contribution in [0, 0.1) is 5.41 Å². The average molecular weight is 473 g/mol. The van der Waals surface area contributed by atoms with Gasteiger partial charge in [0.2, 0.25) is 0 Å². The predicted octanol–water partition coefficient (Wildman–Crippen LogP) is 3.94. The summed E-state index contributed by atoms with van der Waals surface area (Å²) in [5.41, 5.74) is 8.08. The molecule has 1 saturated carbocycles. The van der Waals surface area contributed by atoms with Crippen molar-refractivity contribution < 1.29 is 18.3 Å². The summed E-state index contributed by atoms with van der Waals surface area (Å²) in [5.74, 6) is -1.85. The minimum absolute atomic E-state index is 0.143. The molecule has 1 amide bonds. The van der Waals surface area contributed by atoms with E-state index >= 15 is 0 Å². The highest BCUT2D eigenvalue weighted by molar-refractivity contribution is 6.05. The lowest BCUT2D eigenvalue weighted by atomic mass is 9.93. The Hall–Kier alpha value is -3.17. The number of methoxy groups -OCH3 is 1. The van der Waals surface area contributed by atoms with Crippen molar-refractivity contribution in [2.45, 2.75) is 44.4 Å². The Labute approximate surface area is 197 Å². The first-order valence-corrected chi connectivity index (χ1v) is 11.8. The van der Waals surface area contributed by atoms with E-state index in [1.165, 1.54) is 20.0 Å². The zero-order valence-electron chi connectivity index (χ0n) is 19.3. The number of pyridine rings is 2. The molecule has 0 radical (unpaired) electrons. The van der Waals surface area contributed by atoms with Gasteiger partial charge in [-0.05, 0) is 43.2 Å². The van der Waals surface area contributed by atoms with E-state index in [1.807, 2.05) is 0 Å². The maximum absolute atomic E-state index is 13.6. The summed E-state index contributed by atoms with van der Waals surface area (Å²) in [4.78, 5) is 25.8. The second-order valence-corrected chi connectivity index (χ2v) is 9.63. The van der Waals surface area contributed by atoms with E-state index in [9.17, 15) is 13.6 Å². The molecule has 2 saturated heterocycles. The lowest BCUT2D eigenvalue weighted by molar-refractivity contribution is -0.0222. The Morgan fingerprint density at radius 2 is 1.74 bits per heavy atom. The number of carbonyl (C=O) groups is 1. The second kappa shape index (κ2) is 8.56. The van der Waals surface area contributed by atoms with E-state index in [-0.39, 0.29) is 31.6 Å². The summed E-state index contributed by atoms with van der Waals surface area (Å²) in [6.45, 7) is 2.11. The van der Waals surface area contributed by atoms with Crippen LogP contribution in [0.1, 0.15) is 49.0 Å². The smallest absolute Gasteiger partial charge is 0.274 e. The van der Waals surface area contributed by atoms with Crippen LogP contribution in [0.15, 0.2) is 24.4 Å². The lowest BCUT2D eigenvalue weighted by Gasteiger charge is -2.35. The van der Waals surface area contributed by atoms with Gasteiger partial charge in [-0.2, -0.15) is 0 Å². The third-order valence-corrected chi connectivity index (χ3v) is 7.36. The number of hydrogen-bond acceptors (Lipinski definition) is 7. The maximum Gasteiger partial charge on any atom is 0.274 e.